The van der Waals surface area contributed by atoms with E-state index in [0.717, 1.165) is 19.3 Å². The number of ketones is 1. The van der Waals surface area contributed by atoms with E-state index in [1.54, 1.807) is 0 Å². The Morgan fingerprint density at radius 2 is 1.48 bits per heavy atom. The van der Waals surface area contributed by atoms with Crippen LogP contribution in [0.3, 0.4) is 0 Å². The predicted octanol–water partition coefficient (Wildman–Crippen LogP) is 6.31. The quantitative estimate of drug-likeness (QED) is 0.542. The van der Waals surface area contributed by atoms with Gasteiger partial charge in [0, 0.05) is 18.3 Å². The second-order valence-corrected chi connectivity index (χ2v) is 7.49. The van der Waals surface area contributed by atoms with Gasteiger partial charge in [-0.25, -0.2) is 0 Å². The van der Waals surface area contributed by atoms with Gasteiger partial charge < -0.3 is 0 Å². The van der Waals surface area contributed by atoms with Crippen molar-refractivity contribution >= 4 is 5.78 Å². The molecule has 0 aromatic heterocycles. The fourth-order valence-electron chi connectivity index (χ4n) is 4.66. The molecule has 1 heteroatoms. The Hall–Kier alpha value is -1.89. The van der Waals surface area contributed by atoms with Crippen LogP contribution >= 0.6 is 0 Å². The van der Waals surface area contributed by atoms with Crippen molar-refractivity contribution in [2.24, 2.45) is 5.92 Å². The first-order valence-corrected chi connectivity index (χ1v) is 9.90. The maximum atomic E-state index is 12.3. The lowest BCUT2D eigenvalue weighted by atomic mass is 9.57. The third-order valence-corrected chi connectivity index (χ3v) is 5.95. The van der Waals surface area contributed by atoms with Crippen LogP contribution in [0.4, 0.5) is 0 Å². The van der Waals surface area contributed by atoms with Crippen molar-refractivity contribution in [2.75, 3.05) is 0 Å². The fourth-order valence-corrected chi connectivity index (χ4v) is 4.66. The SMILES string of the molecule is CCCCCC[C@H]1CC(=O)CCC1(c1ccccc1)c1ccccc1. The minimum Gasteiger partial charge on any atom is -0.300 e. The van der Waals surface area contributed by atoms with Crippen LogP contribution in [-0.2, 0) is 10.2 Å². The zero-order chi connectivity index (χ0) is 17.5. The minimum atomic E-state index is -0.0113. The maximum absolute atomic E-state index is 12.3. The molecule has 0 aliphatic heterocycles. The summed E-state index contributed by atoms with van der Waals surface area (Å²) in [6, 6.07) is 21.8. The second-order valence-electron chi connectivity index (χ2n) is 7.49. The molecule has 0 amide bonds. The van der Waals surface area contributed by atoms with Gasteiger partial charge in [0.25, 0.3) is 0 Å². The number of rotatable bonds is 7. The van der Waals surface area contributed by atoms with Crippen LogP contribution in [0.5, 0.6) is 0 Å². The standard InChI is InChI=1S/C24H30O/c1-2-3-4-7-16-22-19-23(25)17-18-24(22,20-12-8-5-9-13-20)21-14-10-6-11-15-21/h5-6,8-15,22H,2-4,7,16-19H2,1H3/t22-/m0/s1. The Kier molecular flexibility index (Phi) is 6.07. The molecule has 1 saturated carbocycles. The zero-order valence-electron chi connectivity index (χ0n) is 15.4. The predicted molar refractivity (Wildman–Crippen MR) is 105 cm³/mol. The van der Waals surface area contributed by atoms with Gasteiger partial charge >= 0.3 is 0 Å². The molecule has 0 N–H and O–H groups in total. The summed E-state index contributed by atoms with van der Waals surface area (Å²) in [6.45, 7) is 2.25. The third kappa shape index (κ3) is 3.86. The van der Waals surface area contributed by atoms with Gasteiger partial charge in [0.15, 0.2) is 0 Å². The number of unbranched alkanes of at least 4 members (excludes halogenated alkanes) is 3. The lowest BCUT2D eigenvalue weighted by molar-refractivity contribution is -0.123. The highest BCUT2D eigenvalue weighted by molar-refractivity contribution is 5.80. The zero-order valence-corrected chi connectivity index (χ0v) is 15.4. The molecule has 0 radical (unpaired) electrons. The van der Waals surface area contributed by atoms with E-state index in [1.165, 1.54) is 36.8 Å². The Balaban J connectivity index is 1.99. The highest BCUT2D eigenvalue weighted by Crippen LogP contribution is 2.49. The van der Waals surface area contributed by atoms with Crippen molar-refractivity contribution in [3.63, 3.8) is 0 Å². The summed E-state index contributed by atoms with van der Waals surface area (Å²) in [5.74, 6) is 0.860. The molecule has 3 rings (SSSR count). The van der Waals surface area contributed by atoms with E-state index < -0.39 is 0 Å². The third-order valence-electron chi connectivity index (χ3n) is 5.95. The van der Waals surface area contributed by atoms with E-state index in [4.69, 9.17) is 0 Å². The van der Waals surface area contributed by atoms with Gasteiger partial charge in [0.1, 0.15) is 5.78 Å². The van der Waals surface area contributed by atoms with Gasteiger partial charge in [-0.2, -0.15) is 0 Å². The number of hydrogen-bond acceptors (Lipinski definition) is 1. The molecule has 0 unspecified atom stereocenters. The summed E-state index contributed by atoms with van der Waals surface area (Å²) in [4.78, 5) is 12.3. The first-order chi connectivity index (χ1) is 12.3. The largest absolute Gasteiger partial charge is 0.300 e. The molecule has 1 fully saturated rings. The molecule has 1 nitrogen and oxygen atoms in total. The highest BCUT2D eigenvalue weighted by atomic mass is 16.1. The minimum absolute atomic E-state index is 0.0113. The molecule has 1 aliphatic rings. The second kappa shape index (κ2) is 8.47. The van der Waals surface area contributed by atoms with Crippen molar-refractivity contribution in [3.05, 3.63) is 71.8 Å². The molecule has 0 heterocycles. The Bertz CT molecular complexity index is 620. The van der Waals surface area contributed by atoms with E-state index in [0.29, 0.717) is 18.1 Å². The molecule has 2 aromatic carbocycles. The molecule has 1 aliphatic carbocycles. The van der Waals surface area contributed by atoms with Crippen molar-refractivity contribution in [1.82, 2.24) is 0 Å². The first-order valence-electron chi connectivity index (χ1n) is 9.90. The van der Waals surface area contributed by atoms with Gasteiger partial charge in [-0.15, -0.1) is 0 Å². The topological polar surface area (TPSA) is 17.1 Å². The Labute approximate surface area is 152 Å². The lowest BCUT2D eigenvalue weighted by Crippen LogP contribution is -2.42. The number of Topliss-reactive ketones (excluding diaryl/α,β-unsaturated/α-hetero) is 1. The summed E-state index contributed by atoms with van der Waals surface area (Å²) in [5, 5.41) is 0. The summed E-state index contributed by atoms with van der Waals surface area (Å²) >= 11 is 0. The summed E-state index contributed by atoms with van der Waals surface area (Å²) in [6.07, 6.45) is 8.59. The van der Waals surface area contributed by atoms with Gasteiger partial charge in [-0.05, 0) is 29.9 Å². The average molecular weight is 335 g/mol. The van der Waals surface area contributed by atoms with Crippen LogP contribution in [-0.4, -0.2) is 5.78 Å². The molecule has 132 valence electrons. The summed E-state index contributed by atoms with van der Waals surface area (Å²) in [5.41, 5.74) is 2.76. The monoisotopic (exact) mass is 334 g/mol. The number of carbonyl (C=O) groups is 1. The fraction of sp³-hybridized carbons (Fsp3) is 0.458. The normalized spacial score (nSPS) is 19.7. The van der Waals surface area contributed by atoms with Gasteiger partial charge in [-0.3, -0.25) is 4.79 Å². The highest BCUT2D eigenvalue weighted by Gasteiger charge is 2.45. The van der Waals surface area contributed by atoms with Crippen molar-refractivity contribution in [2.45, 2.75) is 63.7 Å². The van der Waals surface area contributed by atoms with Crippen LogP contribution in [0, 0.1) is 5.92 Å². The molecule has 0 bridgehead atoms. The van der Waals surface area contributed by atoms with Gasteiger partial charge in [0.2, 0.25) is 0 Å². The molecule has 0 spiro atoms. The number of benzene rings is 2. The average Bonchev–Trinajstić information content (AvgIpc) is 2.67. The number of carbonyl (C=O) groups excluding carboxylic acids is 1. The molecule has 2 aromatic rings. The van der Waals surface area contributed by atoms with Crippen LogP contribution in [0.2, 0.25) is 0 Å². The van der Waals surface area contributed by atoms with Crippen LogP contribution in [0.15, 0.2) is 60.7 Å². The lowest BCUT2D eigenvalue weighted by Gasteiger charge is -2.45. The summed E-state index contributed by atoms with van der Waals surface area (Å²) < 4.78 is 0. The van der Waals surface area contributed by atoms with E-state index in [-0.39, 0.29) is 5.41 Å². The smallest absolute Gasteiger partial charge is 0.133 e. The van der Waals surface area contributed by atoms with Crippen molar-refractivity contribution in [1.29, 1.82) is 0 Å². The van der Waals surface area contributed by atoms with E-state index in [2.05, 4.69) is 67.6 Å². The molecule has 0 saturated heterocycles. The van der Waals surface area contributed by atoms with Crippen LogP contribution in [0.25, 0.3) is 0 Å². The molecular formula is C24H30O. The van der Waals surface area contributed by atoms with Crippen LogP contribution < -0.4 is 0 Å². The molecule has 1 atom stereocenters. The molecular weight excluding hydrogens is 304 g/mol. The van der Waals surface area contributed by atoms with Crippen LogP contribution in [0.1, 0.15) is 69.4 Å². The first kappa shape index (κ1) is 17.9. The van der Waals surface area contributed by atoms with E-state index in [9.17, 15) is 4.79 Å². The maximum Gasteiger partial charge on any atom is 0.133 e. The van der Waals surface area contributed by atoms with Gasteiger partial charge in [0.05, 0.1) is 0 Å². The summed E-state index contributed by atoms with van der Waals surface area (Å²) in [7, 11) is 0. The van der Waals surface area contributed by atoms with E-state index in [1.807, 2.05) is 0 Å². The van der Waals surface area contributed by atoms with Crippen molar-refractivity contribution in [3.8, 4) is 0 Å². The van der Waals surface area contributed by atoms with Crippen molar-refractivity contribution < 1.29 is 4.79 Å². The molecule has 25 heavy (non-hydrogen) atoms. The van der Waals surface area contributed by atoms with Gasteiger partial charge in [-0.1, -0.05) is 93.3 Å². The number of hydrogen-bond donors (Lipinski definition) is 0. The van der Waals surface area contributed by atoms with E-state index >= 15 is 0 Å². The Morgan fingerprint density at radius 3 is 2.04 bits per heavy atom. The Morgan fingerprint density at radius 1 is 0.880 bits per heavy atom.